The number of hydrogen-bond donors (Lipinski definition) is 0. The van der Waals surface area contributed by atoms with E-state index in [4.69, 9.17) is 11.6 Å². The highest BCUT2D eigenvalue weighted by molar-refractivity contribution is 6.21. The zero-order valence-corrected chi connectivity index (χ0v) is 11.9. The number of rotatable bonds is 3. The predicted molar refractivity (Wildman–Crippen MR) is 68.8 cm³/mol. The van der Waals surface area contributed by atoms with Crippen LogP contribution in [0, 0.1) is 11.2 Å². The zero-order chi connectivity index (χ0) is 14.8. The summed E-state index contributed by atoms with van der Waals surface area (Å²) >= 11 is 6.18. The van der Waals surface area contributed by atoms with Gasteiger partial charge in [-0.05, 0) is 36.0 Å². The Balaban J connectivity index is 2.75. The van der Waals surface area contributed by atoms with Gasteiger partial charge in [-0.1, -0.05) is 26.8 Å². The van der Waals surface area contributed by atoms with Gasteiger partial charge in [0.15, 0.2) is 0 Å². The van der Waals surface area contributed by atoms with E-state index in [-0.39, 0.29) is 10.8 Å². The molecule has 5 heteroatoms. The Morgan fingerprint density at radius 3 is 2.16 bits per heavy atom. The van der Waals surface area contributed by atoms with Gasteiger partial charge >= 0.3 is 6.18 Å². The van der Waals surface area contributed by atoms with Crippen LogP contribution in [0.5, 0.6) is 0 Å². The molecule has 0 aromatic heterocycles. The van der Waals surface area contributed by atoms with Crippen LogP contribution in [0.15, 0.2) is 18.2 Å². The fourth-order valence-electron chi connectivity index (χ4n) is 1.67. The molecule has 0 aliphatic carbocycles. The van der Waals surface area contributed by atoms with Crippen LogP contribution in [0.4, 0.5) is 17.6 Å². The molecule has 19 heavy (non-hydrogen) atoms. The first-order valence-electron chi connectivity index (χ1n) is 6.01. The second kappa shape index (κ2) is 5.70. The lowest BCUT2D eigenvalue weighted by molar-refractivity contribution is -0.140. The van der Waals surface area contributed by atoms with E-state index in [1.165, 1.54) is 6.07 Å². The summed E-state index contributed by atoms with van der Waals surface area (Å²) in [7, 11) is 0. The number of alkyl halides is 4. The summed E-state index contributed by atoms with van der Waals surface area (Å²) in [6.07, 6.45) is -3.60. The third-order valence-electron chi connectivity index (χ3n) is 2.97. The second-order valence-electron chi connectivity index (χ2n) is 5.68. The van der Waals surface area contributed by atoms with Crippen molar-refractivity contribution in [2.45, 2.75) is 45.2 Å². The maximum atomic E-state index is 13.4. The maximum Gasteiger partial charge on any atom is 0.419 e. The molecule has 1 unspecified atom stereocenters. The van der Waals surface area contributed by atoms with E-state index in [2.05, 4.69) is 0 Å². The molecule has 0 bridgehead atoms. The standard InChI is InChI=1S/C14H17ClF4/c1-13(2,3)12(15)7-5-9-4-6-10(11(16)8-9)14(17,18)19/h4,6,8,12H,5,7H2,1-3H3. The topological polar surface area (TPSA) is 0 Å². The highest BCUT2D eigenvalue weighted by Gasteiger charge is 2.33. The van der Waals surface area contributed by atoms with Crippen LogP contribution in [0.3, 0.4) is 0 Å². The van der Waals surface area contributed by atoms with E-state index in [0.29, 0.717) is 18.4 Å². The summed E-state index contributed by atoms with van der Waals surface area (Å²) in [4.78, 5) is 0. The highest BCUT2D eigenvalue weighted by Crippen LogP contribution is 2.32. The van der Waals surface area contributed by atoms with Gasteiger partial charge in [0.1, 0.15) is 5.82 Å². The van der Waals surface area contributed by atoms with Gasteiger partial charge in [0.2, 0.25) is 0 Å². The number of hydrogen-bond acceptors (Lipinski definition) is 0. The van der Waals surface area contributed by atoms with Crippen molar-refractivity contribution in [1.82, 2.24) is 0 Å². The molecule has 0 amide bonds. The normalized spacial score (nSPS) is 14.5. The van der Waals surface area contributed by atoms with Crippen LogP contribution < -0.4 is 0 Å². The fourth-order valence-corrected chi connectivity index (χ4v) is 1.78. The molecule has 0 aliphatic rings. The van der Waals surface area contributed by atoms with E-state index < -0.39 is 17.6 Å². The molecular weight excluding hydrogens is 280 g/mol. The SMILES string of the molecule is CC(C)(C)C(Cl)CCc1ccc(C(F)(F)F)c(F)c1. The molecule has 0 saturated heterocycles. The smallest absolute Gasteiger partial charge is 0.206 e. The Hall–Kier alpha value is -0.770. The lowest BCUT2D eigenvalue weighted by atomic mass is 9.88. The highest BCUT2D eigenvalue weighted by atomic mass is 35.5. The average molecular weight is 297 g/mol. The number of aryl methyl sites for hydroxylation is 1. The quantitative estimate of drug-likeness (QED) is 0.515. The minimum absolute atomic E-state index is 0.0913. The summed E-state index contributed by atoms with van der Waals surface area (Å²) < 4.78 is 50.5. The van der Waals surface area contributed by atoms with Crippen molar-refractivity contribution in [3.63, 3.8) is 0 Å². The zero-order valence-electron chi connectivity index (χ0n) is 11.1. The second-order valence-corrected chi connectivity index (χ2v) is 6.21. The average Bonchev–Trinajstić information content (AvgIpc) is 2.22. The minimum Gasteiger partial charge on any atom is -0.206 e. The summed E-state index contributed by atoms with van der Waals surface area (Å²) in [5.41, 5.74) is -0.790. The summed E-state index contributed by atoms with van der Waals surface area (Å²) in [5, 5.41) is -0.113. The van der Waals surface area contributed by atoms with Crippen molar-refractivity contribution in [1.29, 1.82) is 0 Å². The van der Waals surface area contributed by atoms with Crippen LogP contribution in [0.1, 0.15) is 38.3 Å². The van der Waals surface area contributed by atoms with Crippen molar-refractivity contribution < 1.29 is 17.6 Å². The number of benzene rings is 1. The van der Waals surface area contributed by atoms with Crippen LogP contribution >= 0.6 is 11.6 Å². The van der Waals surface area contributed by atoms with Crippen LogP contribution in [-0.4, -0.2) is 5.38 Å². The van der Waals surface area contributed by atoms with E-state index >= 15 is 0 Å². The lowest BCUT2D eigenvalue weighted by Crippen LogP contribution is -2.21. The molecular formula is C14H17ClF4. The van der Waals surface area contributed by atoms with E-state index in [1.807, 2.05) is 20.8 Å². The molecule has 0 fully saturated rings. The largest absolute Gasteiger partial charge is 0.419 e. The minimum atomic E-state index is -4.65. The van der Waals surface area contributed by atoms with Crippen molar-refractivity contribution in [3.8, 4) is 0 Å². The molecule has 0 radical (unpaired) electrons. The first kappa shape index (κ1) is 16.3. The van der Waals surface area contributed by atoms with Crippen molar-refractivity contribution in [3.05, 3.63) is 35.1 Å². The van der Waals surface area contributed by atoms with E-state index in [9.17, 15) is 17.6 Å². The summed E-state index contributed by atoms with van der Waals surface area (Å²) in [6.45, 7) is 5.95. The van der Waals surface area contributed by atoms with Gasteiger partial charge < -0.3 is 0 Å². The Morgan fingerprint density at radius 2 is 1.74 bits per heavy atom. The Bertz CT molecular complexity index is 432. The van der Waals surface area contributed by atoms with E-state index in [1.54, 1.807) is 0 Å². The van der Waals surface area contributed by atoms with E-state index in [0.717, 1.165) is 12.1 Å². The van der Waals surface area contributed by atoms with Gasteiger partial charge in [0, 0.05) is 5.38 Å². The molecule has 108 valence electrons. The predicted octanol–water partition coefficient (Wildman–Crippen LogP) is 5.43. The molecule has 1 atom stereocenters. The Kier molecular flexibility index (Phi) is 4.88. The third kappa shape index (κ3) is 4.68. The molecule has 1 aromatic rings. The Morgan fingerprint density at radius 1 is 1.16 bits per heavy atom. The molecule has 1 aromatic carbocycles. The number of halogens is 5. The van der Waals surface area contributed by atoms with Crippen LogP contribution in [-0.2, 0) is 12.6 Å². The molecule has 1 rings (SSSR count). The van der Waals surface area contributed by atoms with Crippen molar-refractivity contribution >= 4 is 11.6 Å². The first-order chi connectivity index (χ1) is 8.51. The van der Waals surface area contributed by atoms with Gasteiger partial charge in [-0.2, -0.15) is 13.2 Å². The third-order valence-corrected chi connectivity index (χ3v) is 3.84. The first-order valence-corrected chi connectivity index (χ1v) is 6.45. The van der Waals surface area contributed by atoms with Gasteiger partial charge in [0.05, 0.1) is 5.56 Å². The molecule has 0 nitrogen and oxygen atoms in total. The molecule has 0 N–H and O–H groups in total. The molecule has 0 aliphatic heterocycles. The lowest BCUT2D eigenvalue weighted by Gasteiger charge is -2.25. The van der Waals surface area contributed by atoms with Crippen molar-refractivity contribution in [2.24, 2.45) is 5.41 Å². The molecule has 0 saturated carbocycles. The van der Waals surface area contributed by atoms with Crippen LogP contribution in [0.25, 0.3) is 0 Å². The van der Waals surface area contributed by atoms with Crippen LogP contribution in [0.2, 0.25) is 0 Å². The van der Waals surface area contributed by atoms with Crippen molar-refractivity contribution in [2.75, 3.05) is 0 Å². The summed E-state index contributed by atoms with van der Waals surface area (Å²) in [6, 6.07) is 3.03. The van der Waals surface area contributed by atoms with Gasteiger partial charge in [0.25, 0.3) is 0 Å². The summed E-state index contributed by atoms with van der Waals surface area (Å²) in [5.74, 6) is -1.23. The molecule has 0 heterocycles. The van der Waals surface area contributed by atoms with Gasteiger partial charge in [-0.15, -0.1) is 11.6 Å². The fraction of sp³-hybridized carbons (Fsp3) is 0.571. The maximum absolute atomic E-state index is 13.4. The Labute approximate surface area is 115 Å². The van der Waals surface area contributed by atoms with Gasteiger partial charge in [-0.25, -0.2) is 4.39 Å². The monoisotopic (exact) mass is 296 g/mol. The van der Waals surface area contributed by atoms with Gasteiger partial charge in [-0.3, -0.25) is 0 Å². The molecule has 0 spiro atoms.